The molecule has 1 aromatic heterocycles. The molecule has 4 heteroatoms. The second-order valence-corrected chi connectivity index (χ2v) is 7.16. The summed E-state index contributed by atoms with van der Waals surface area (Å²) in [6.07, 6.45) is 2.21. The number of aromatic nitrogens is 2. The van der Waals surface area contributed by atoms with Crippen LogP contribution in [0.1, 0.15) is 52.3 Å². The van der Waals surface area contributed by atoms with Gasteiger partial charge in [-0.15, -0.1) is 0 Å². The normalized spacial score (nSPS) is 23.4. The third kappa shape index (κ3) is 2.27. The van der Waals surface area contributed by atoms with E-state index in [2.05, 4.69) is 37.8 Å². The van der Waals surface area contributed by atoms with Crippen molar-refractivity contribution >= 4 is 0 Å². The second-order valence-electron chi connectivity index (χ2n) is 7.16. The maximum Gasteiger partial charge on any atom is 0.230 e. The highest BCUT2D eigenvalue weighted by molar-refractivity contribution is 5.53. The molecule has 112 valence electrons. The number of halogens is 1. The zero-order chi connectivity index (χ0) is 15.3. The van der Waals surface area contributed by atoms with Crippen molar-refractivity contribution < 1.29 is 8.91 Å². The van der Waals surface area contributed by atoms with E-state index >= 15 is 0 Å². The molecule has 1 fully saturated rings. The first-order valence-corrected chi connectivity index (χ1v) is 7.41. The molecule has 3 rings (SSSR count). The molecule has 21 heavy (non-hydrogen) atoms. The Morgan fingerprint density at radius 2 is 1.81 bits per heavy atom. The fourth-order valence-corrected chi connectivity index (χ4v) is 3.18. The van der Waals surface area contributed by atoms with E-state index in [1.807, 2.05) is 0 Å². The summed E-state index contributed by atoms with van der Waals surface area (Å²) in [7, 11) is 0. The number of benzene rings is 1. The number of rotatable bonds is 2. The molecule has 1 atom stereocenters. The lowest BCUT2D eigenvalue weighted by Gasteiger charge is -2.37. The zero-order valence-electron chi connectivity index (χ0n) is 13.0. The van der Waals surface area contributed by atoms with E-state index in [1.54, 1.807) is 12.1 Å². The average Bonchev–Trinajstić information content (AvgIpc) is 2.95. The maximum atomic E-state index is 13.0. The van der Waals surface area contributed by atoms with Crippen molar-refractivity contribution in [1.29, 1.82) is 0 Å². The van der Waals surface area contributed by atoms with E-state index in [4.69, 9.17) is 4.52 Å². The minimum atomic E-state index is -0.263. The Bertz CT molecular complexity index is 643. The van der Waals surface area contributed by atoms with Gasteiger partial charge in [0.15, 0.2) is 0 Å². The molecule has 1 aliphatic rings. The Morgan fingerprint density at radius 1 is 1.14 bits per heavy atom. The van der Waals surface area contributed by atoms with Gasteiger partial charge >= 0.3 is 0 Å². The molecule has 1 aliphatic carbocycles. The molecule has 0 radical (unpaired) electrons. The molecule has 1 heterocycles. The highest BCUT2D eigenvalue weighted by Crippen LogP contribution is 2.59. The molecule has 0 unspecified atom stereocenters. The number of hydrogen-bond acceptors (Lipinski definition) is 3. The van der Waals surface area contributed by atoms with Crippen molar-refractivity contribution in [3.8, 4) is 11.4 Å². The van der Waals surface area contributed by atoms with Crippen molar-refractivity contribution in [2.75, 3.05) is 0 Å². The molecule has 1 aromatic carbocycles. The quantitative estimate of drug-likeness (QED) is 0.796. The molecule has 0 amide bonds. The molecule has 0 spiro atoms. The van der Waals surface area contributed by atoms with Crippen LogP contribution in [0.5, 0.6) is 0 Å². The van der Waals surface area contributed by atoms with Crippen LogP contribution >= 0.6 is 0 Å². The summed E-state index contributed by atoms with van der Waals surface area (Å²) < 4.78 is 18.5. The van der Waals surface area contributed by atoms with Gasteiger partial charge in [0.2, 0.25) is 11.7 Å². The summed E-state index contributed by atoms with van der Waals surface area (Å²) >= 11 is 0. The van der Waals surface area contributed by atoms with Gasteiger partial charge in [0.1, 0.15) is 5.82 Å². The minimum Gasteiger partial charge on any atom is -0.339 e. The van der Waals surface area contributed by atoms with Gasteiger partial charge < -0.3 is 4.52 Å². The number of hydrogen-bond donors (Lipinski definition) is 0. The van der Waals surface area contributed by atoms with Crippen LogP contribution in [0.3, 0.4) is 0 Å². The van der Waals surface area contributed by atoms with Crippen molar-refractivity contribution in [1.82, 2.24) is 10.1 Å². The predicted octanol–water partition coefficient (Wildman–Crippen LogP) is 4.81. The van der Waals surface area contributed by atoms with Crippen molar-refractivity contribution in [3.63, 3.8) is 0 Å². The van der Waals surface area contributed by atoms with Gasteiger partial charge in [-0.3, -0.25) is 0 Å². The molecule has 3 nitrogen and oxygen atoms in total. The fourth-order valence-electron chi connectivity index (χ4n) is 3.18. The Hall–Kier alpha value is -1.71. The van der Waals surface area contributed by atoms with Crippen molar-refractivity contribution in [3.05, 3.63) is 36.0 Å². The summed E-state index contributed by atoms with van der Waals surface area (Å²) in [5.74, 6) is 1.24. The smallest absolute Gasteiger partial charge is 0.230 e. The van der Waals surface area contributed by atoms with Gasteiger partial charge in [-0.25, -0.2) is 4.39 Å². The zero-order valence-corrected chi connectivity index (χ0v) is 13.0. The van der Waals surface area contributed by atoms with Crippen LogP contribution in [-0.2, 0) is 0 Å². The molecule has 0 N–H and O–H groups in total. The van der Waals surface area contributed by atoms with Crippen LogP contribution in [-0.4, -0.2) is 10.1 Å². The Labute approximate surface area is 124 Å². The molecule has 1 saturated carbocycles. The summed E-state index contributed by atoms with van der Waals surface area (Å²) in [4.78, 5) is 4.55. The van der Waals surface area contributed by atoms with Gasteiger partial charge in [-0.05, 0) is 47.9 Å². The first-order valence-electron chi connectivity index (χ1n) is 7.41. The lowest BCUT2D eigenvalue weighted by Crippen LogP contribution is -2.30. The summed E-state index contributed by atoms with van der Waals surface area (Å²) in [5, 5.41) is 4.07. The van der Waals surface area contributed by atoms with Crippen LogP contribution in [0.4, 0.5) is 4.39 Å². The molecule has 0 bridgehead atoms. The second kappa shape index (κ2) is 4.65. The Kier molecular flexibility index (Phi) is 3.15. The van der Waals surface area contributed by atoms with Gasteiger partial charge in [0.05, 0.1) is 0 Å². The topological polar surface area (TPSA) is 38.9 Å². The third-order valence-corrected chi connectivity index (χ3v) is 5.52. The van der Waals surface area contributed by atoms with Crippen LogP contribution in [0, 0.1) is 16.6 Å². The van der Waals surface area contributed by atoms with Gasteiger partial charge in [0.25, 0.3) is 0 Å². The fraction of sp³-hybridized carbons (Fsp3) is 0.529. The lowest BCUT2D eigenvalue weighted by atomic mass is 9.67. The average molecular weight is 288 g/mol. The molecule has 0 saturated heterocycles. The van der Waals surface area contributed by atoms with Gasteiger partial charge in [-0.2, -0.15) is 4.98 Å². The summed E-state index contributed by atoms with van der Waals surface area (Å²) in [5.41, 5.74) is 1.14. The van der Waals surface area contributed by atoms with Gasteiger partial charge in [-0.1, -0.05) is 32.9 Å². The van der Waals surface area contributed by atoms with Crippen LogP contribution in [0.15, 0.2) is 28.8 Å². The summed E-state index contributed by atoms with van der Waals surface area (Å²) in [6, 6.07) is 6.17. The lowest BCUT2D eigenvalue weighted by molar-refractivity contribution is 0.124. The summed E-state index contributed by atoms with van der Waals surface area (Å²) in [6.45, 7) is 9.13. The van der Waals surface area contributed by atoms with Crippen LogP contribution < -0.4 is 0 Å². The highest BCUT2D eigenvalue weighted by Gasteiger charge is 2.51. The van der Waals surface area contributed by atoms with E-state index in [-0.39, 0.29) is 22.6 Å². The highest BCUT2D eigenvalue weighted by atomic mass is 19.1. The first-order chi connectivity index (χ1) is 9.81. The SMILES string of the molecule is CC1(C)CC[C@H](c2nc(-c3ccc(F)cc3)no2)C1(C)C. The Morgan fingerprint density at radius 3 is 2.38 bits per heavy atom. The maximum absolute atomic E-state index is 13.0. The molecule has 0 aliphatic heterocycles. The monoisotopic (exact) mass is 288 g/mol. The molecule has 2 aromatic rings. The minimum absolute atomic E-state index is 0.111. The Balaban J connectivity index is 1.91. The standard InChI is InChI=1S/C17H21FN2O/c1-16(2)10-9-13(17(16,3)4)15-19-14(20-21-15)11-5-7-12(18)8-6-11/h5-8,13H,9-10H2,1-4H3/t13-/m1/s1. The molecular formula is C17H21FN2O. The van der Waals surface area contributed by atoms with E-state index in [0.29, 0.717) is 11.7 Å². The van der Waals surface area contributed by atoms with Crippen LogP contribution in [0.2, 0.25) is 0 Å². The van der Waals surface area contributed by atoms with E-state index in [9.17, 15) is 4.39 Å². The van der Waals surface area contributed by atoms with E-state index < -0.39 is 0 Å². The predicted molar refractivity (Wildman–Crippen MR) is 79.2 cm³/mol. The van der Waals surface area contributed by atoms with E-state index in [1.165, 1.54) is 12.1 Å². The molecular weight excluding hydrogens is 267 g/mol. The number of nitrogens with zero attached hydrogens (tertiary/aromatic N) is 2. The third-order valence-electron chi connectivity index (χ3n) is 5.52. The largest absolute Gasteiger partial charge is 0.339 e. The van der Waals surface area contributed by atoms with E-state index in [0.717, 1.165) is 18.4 Å². The van der Waals surface area contributed by atoms with Crippen molar-refractivity contribution in [2.45, 2.75) is 46.5 Å². The van der Waals surface area contributed by atoms with Gasteiger partial charge in [0, 0.05) is 11.5 Å². The van der Waals surface area contributed by atoms with Crippen LogP contribution in [0.25, 0.3) is 11.4 Å². The first kappa shape index (κ1) is 14.2. The van der Waals surface area contributed by atoms with Crippen molar-refractivity contribution in [2.24, 2.45) is 10.8 Å².